The molecule has 18 heteroatoms. The monoisotopic (exact) mass is 691 g/mol. The number of benzene rings is 2. The largest absolute Gasteiger partial charge is 0.494 e. The highest BCUT2D eigenvalue weighted by atomic mass is 35.5. The lowest BCUT2D eigenvalue weighted by Gasteiger charge is -2.31. The Balaban J connectivity index is 1.61. The van der Waals surface area contributed by atoms with Gasteiger partial charge in [0.2, 0.25) is 11.5 Å². The second-order valence-electron chi connectivity index (χ2n) is 10.5. The van der Waals surface area contributed by atoms with Crippen LogP contribution in [0.25, 0.3) is 22.2 Å². The van der Waals surface area contributed by atoms with Crippen LogP contribution in [-0.4, -0.2) is 58.1 Å². The number of nitrogens with two attached hydrogens (primary N) is 1. The molecule has 0 unspecified atom stereocenters. The quantitative estimate of drug-likeness (QED) is 0.169. The van der Waals surface area contributed by atoms with Crippen LogP contribution in [0.1, 0.15) is 35.1 Å². The van der Waals surface area contributed by atoms with Crippen molar-refractivity contribution in [3.8, 4) is 22.8 Å². The molecule has 0 radical (unpaired) electrons. The summed E-state index contributed by atoms with van der Waals surface area (Å²) in [6.45, 7) is -3.68. The molecule has 0 spiro atoms. The Bertz CT molecular complexity index is 1910. The van der Waals surface area contributed by atoms with E-state index in [4.69, 9.17) is 38.4 Å². The second-order valence-corrected chi connectivity index (χ2v) is 11.2. The predicted octanol–water partition coefficient (Wildman–Crippen LogP) is 5.26. The first kappa shape index (κ1) is 33.1. The summed E-state index contributed by atoms with van der Waals surface area (Å²) in [5.41, 5.74) is -2.34. The summed E-state index contributed by atoms with van der Waals surface area (Å²) in [7, 11) is 1.17. The minimum Gasteiger partial charge on any atom is -0.494 e. The van der Waals surface area contributed by atoms with E-state index in [9.17, 15) is 41.0 Å². The maximum atomic E-state index is 14.7. The predicted molar refractivity (Wildman–Crippen MR) is 152 cm³/mol. The fourth-order valence-electron chi connectivity index (χ4n) is 4.85. The van der Waals surface area contributed by atoms with Gasteiger partial charge < -0.3 is 25.6 Å². The van der Waals surface area contributed by atoms with E-state index >= 15 is 0 Å². The molecule has 10 nitrogen and oxygen atoms in total. The lowest BCUT2D eigenvalue weighted by molar-refractivity contribution is -0.265. The first-order valence-corrected chi connectivity index (χ1v) is 13.7. The van der Waals surface area contributed by atoms with Gasteiger partial charge in [-0.2, -0.15) is 27.1 Å². The first-order chi connectivity index (χ1) is 21.4. The number of ether oxygens (including phenoxy) is 2. The number of hydrogen-bond donors (Lipinski definition) is 3. The molecule has 2 amide bonds. The van der Waals surface area contributed by atoms with Gasteiger partial charge in [0.25, 0.3) is 5.91 Å². The zero-order chi connectivity index (χ0) is 33.9. The fourth-order valence-corrected chi connectivity index (χ4v) is 5.25. The molecule has 3 heterocycles. The third kappa shape index (κ3) is 5.33. The van der Waals surface area contributed by atoms with Crippen molar-refractivity contribution in [3.63, 3.8) is 0 Å². The molecule has 1 aliphatic heterocycles. The number of halogens is 8. The number of amides is 2. The number of nitrogens with zero attached hydrogens (tertiary/aromatic N) is 3. The van der Waals surface area contributed by atoms with Crippen molar-refractivity contribution in [2.75, 3.05) is 20.3 Å². The molecule has 1 aliphatic rings. The summed E-state index contributed by atoms with van der Waals surface area (Å²) < 4.78 is 95.6. The van der Waals surface area contributed by atoms with Crippen molar-refractivity contribution < 1.29 is 50.5 Å². The van der Waals surface area contributed by atoms with E-state index in [0.717, 1.165) is 36.5 Å². The Morgan fingerprint density at radius 1 is 1.22 bits per heavy atom. The number of alkyl halides is 5. The Hall–Kier alpha value is -4.28. The van der Waals surface area contributed by atoms with E-state index in [0.29, 0.717) is 4.68 Å². The molecule has 46 heavy (non-hydrogen) atoms. The van der Waals surface area contributed by atoms with Gasteiger partial charge in [-0.1, -0.05) is 23.2 Å². The minimum absolute atomic E-state index is 0.0152. The Labute approximate surface area is 265 Å². The summed E-state index contributed by atoms with van der Waals surface area (Å²) in [4.78, 5) is 29.5. The molecule has 2 aromatic heterocycles. The fraction of sp³-hybridized carbons (Fsp3) is 0.286. The number of rotatable bonds is 8. The van der Waals surface area contributed by atoms with Gasteiger partial charge in [-0.25, -0.2) is 14.1 Å². The van der Waals surface area contributed by atoms with E-state index in [2.05, 4.69) is 10.1 Å². The number of carbonyl (C=O) groups is 2. The van der Waals surface area contributed by atoms with Crippen molar-refractivity contribution in [2.45, 2.75) is 30.7 Å². The number of pyridine rings is 1. The van der Waals surface area contributed by atoms with Crippen LogP contribution in [-0.2, 0) is 15.8 Å². The maximum absolute atomic E-state index is 14.7. The van der Waals surface area contributed by atoms with Crippen LogP contribution in [0.2, 0.25) is 10.0 Å². The Kier molecular flexibility index (Phi) is 8.28. The van der Waals surface area contributed by atoms with Crippen LogP contribution >= 0.6 is 23.2 Å². The standard InChI is InChI=1S/C28H21Cl2F6N5O5/c1-26(24(37)43)10-46-22-14(26)7-17(39-21(22)13-3-4-15(31)19(30)18(13)29)27(44,28(34,35)36)9-38-23(42)11-5-12-8-41(25(32)33)40-20(12)16(6-11)45-2/h3-8,25,44H,9-10H2,1-2H3,(H2,37,43)(H,38,42)/t26-,27-/m0/s1. The lowest BCUT2D eigenvalue weighted by Crippen LogP contribution is -2.51. The average Bonchev–Trinajstić information content (AvgIpc) is 3.59. The molecule has 2 atom stereocenters. The molecule has 4 N–H and O–H groups in total. The van der Waals surface area contributed by atoms with Crippen LogP contribution in [0.4, 0.5) is 26.3 Å². The molecule has 0 bridgehead atoms. The molecule has 0 fully saturated rings. The molecule has 5 rings (SSSR count). The molecule has 0 aliphatic carbocycles. The number of hydrogen-bond acceptors (Lipinski definition) is 7. The zero-order valence-electron chi connectivity index (χ0n) is 23.5. The van der Waals surface area contributed by atoms with Crippen molar-refractivity contribution >= 4 is 45.9 Å². The average molecular weight is 692 g/mol. The van der Waals surface area contributed by atoms with Crippen LogP contribution in [0, 0.1) is 5.82 Å². The van der Waals surface area contributed by atoms with Gasteiger partial charge in [0.05, 0.1) is 29.4 Å². The molecular formula is C28H21Cl2F6N5O5. The number of fused-ring (bicyclic) bond motifs is 2. The van der Waals surface area contributed by atoms with Gasteiger partial charge in [-0.15, -0.1) is 0 Å². The second kappa shape index (κ2) is 11.5. The van der Waals surface area contributed by atoms with Crippen LogP contribution in [0.5, 0.6) is 11.5 Å². The van der Waals surface area contributed by atoms with Crippen LogP contribution < -0.4 is 20.5 Å². The molecule has 2 aromatic carbocycles. The van der Waals surface area contributed by atoms with Crippen LogP contribution in [0.15, 0.2) is 36.5 Å². The summed E-state index contributed by atoms with van der Waals surface area (Å²) in [5.74, 6) is -3.43. The van der Waals surface area contributed by atoms with Gasteiger partial charge >= 0.3 is 12.7 Å². The summed E-state index contributed by atoms with van der Waals surface area (Å²) in [6.07, 6.45) is -4.60. The molecular weight excluding hydrogens is 671 g/mol. The number of primary amides is 1. The summed E-state index contributed by atoms with van der Waals surface area (Å²) in [6, 6.07) is 4.86. The zero-order valence-corrected chi connectivity index (χ0v) is 25.0. The Morgan fingerprint density at radius 2 is 1.91 bits per heavy atom. The van der Waals surface area contributed by atoms with E-state index in [1.54, 1.807) is 0 Å². The topological polar surface area (TPSA) is 142 Å². The van der Waals surface area contributed by atoms with E-state index in [-0.39, 0.29) is 39.1 Å². The molecule has 4 aromatic rings. The number of aliphatic hydroxyl groups is 1. The van der Waals surface area contributed by atoms with Crippen molar-refractivity contribution in [1.82, 2.24) is 20.1 Å². The third-order valence-corrected chi connectivity index (χ3v) is 8.44. The highest BCUT2D eigenvalue weighted by Crippen LogP contribution is 2.49. The van der Waals surface area contributed by atoms with Crippen molar-refractivity contribution in [3.05, 3.63) is 69.2 Å². The third-order valence-electron chi connectivity index (χ3n) is 7.58. The van der Waals surface area contributed by atoms with Gasteiger partial charge in [0.15, 0.2) is 0 Å². The molecule has 244 valence electrons. The smallest absolute Gasteiger partial charge is 0.424 e. The molecule has 0 saturated heterocycles. The summed E-state index contributed by atoms with van der Waals surface area (Å²) >= 11 is 12.2. The van der Waals surface area contributed by atoms with E-state index in [1.807, 2.05) is 5.32 Å². The Morgan fingerprint density at radius 3 is 2.52 bits per heavy atom. The van der Waals surface area contributed by atoms with Gasteiger partial charge in [0, 0.05) is 28.3 Å². The number of methoxy groups -OCH3 is 1. The molecule has 0 saturated carbocycles. The minimum atomic E-state index is -5.51. The van der Waals surface area contributed by atoms with Crippen molar-refractivity contribution in [2.24, 2.45) is 5.73 Å². The highest BCUT2D eigenvalue weighted by molar-refractivity contribution is 6.43. The first-order valence-electron chi connectivity index (χ1n) is 13.0. The van der Waals surface area contributed by atoms with Gasteiger partial charge in [-0.05, 0) is 37.3 Å². The number of carbonyl (C=O) groups excluding carboxylic acids is 2. The van der Waals surface area contributed by atoms with Crippen LogP contribution in [0.3, 0.4) is 0 Å². The van der Waals surface area contributed by atoms with Gasteiger partial charge in [0.1, 0.15) is 40.5 Å². The summed E-state index contributed by atoms with van der Waals surface area (Å²) in [5, 5.41) is 15.9. The normalized spacial score (nSPS) is 17.5. The van der Waals surface area contributed by atoms with Crippen molar-refractivity contribution in [1.29, 1.82) is 0 Å². The SMILES string of the molecule is COc1cc(C(=O)NC[C@](O)(c2cc3c(c(-c4ccc(F)c(Cl)c4Cl)n2)OC[C@]3(C)C(N)=O)C(F)(F)F)cc2cn(C(F)F)nc12. The highest BCUT2D eigenvalue weighted by Gasteiger charge is 2.58. The maximum Gasteiger partial charge on any atom is 0.424 e. The van der Waals surface area contributed by atoms with Gasteiger partial charge in [-0.3, -0.25) is 9.59 Å². The van der Waals surface area contributed by atoms with E-state index in [1.165, 1.54) is 14.0 Å². The van der Waals surface area contributed by atoms with E-state index < -0.39 is 76.0 Å². The lowest BCUT2D eigenvalue weighted by atomic mass is 9.81. The number of aromatic nitrogens is 3. The number of nitrogens with one attached hydrogen (secondary N) is 1.